The largest absolute Gasteiger partial charge is 0.494 e. The molecule has 0 saturated carbocycles. The highest BCUT2D eigenvalue weighted by Gasteiger charge is 2.51. The Morgan fingerprint density at radius 3 is 1.85 bits per heavy atom. The second kappa shape index (κ2) is 13.4. The van der Waals surface area contributed by atoms with E-state index >= 15 is 0 Å². The monoisotopic (exact) mass is 591 g/mol. The fourth-order valence-corrected chi connectivity index (χ4v) is 3.92. The van der Waals surface area contributed by atoms with E-state index in [9.17, 15) is 5.26 Å². The summed E-state index contributed by atoms with van der Waals surface area (Å²) in [6, 6.07) is 15.9. The van der Waals surface area contributed by atoms with Crippen molar-refractivity contribution < 1.29 is 9.31 Å². The molecule has 1 aliphatic rings. The zero-order valence-corrected chi connectivity index (χ0v) is 22.5. The molecule has 1 aliphatic heterocycles. The molecule has 0 radical (unpaired) electrons. The number of benzene rings is 2. The number of halogens is 2. The molecule has 8 heteroatoms. The predicted octanol–water partition coefficient (Wildman–Crippen LogP) is 6.41. The van der Waals surface area contributed by atoms with Crippen LogP contribution in [0.4, 0.5) is 0 Å². The van der Waals surface area contributed by atoms with Gasteiger partial charge in [-0.15, -0.1) is 0 Å². The molecule has 0 unspecified atom stereocenters. The molecule has 1 saturated heterocycles. The maximum atomic E-state index is 9.35. The van der Waals surface area contributed by atoms with Gasteiger partial charge in [-0.3, -0.25) is 0 Å². The van der Waals surface area contributed by atoms with Crippen LogP contribution in [0.25, 0.3) is 0 Å². The zero-order valence-electron chi connectivity index (χ0n) is 19.4. The average Bonchev–Trinajstić information content (AvgIpc) is 2.95. The fraction of sp³-hybridized carbons (Fsp3) is 0.462. The summed E-state index contributed by atoms with van der Waals surface area (Å²) in [7, 11) is 3.56. The van der Waals surface area contributed by atoms with Crippen LogP contribution in [0.5, 0.6) is 0 Å². The molecule has 34 heavy (non-hydrogen) atoms. The molecular weight excluding hydrogens is 557 g/mol. The molecule has 184 valence electrons. The van der Waals surface area contributed by atoms with Crippen molar-refractivity contribution in [3.05, 3.63) is 63.1 Å². The molecule has 1 heterocycles. The summed E-state index contributed by atoms with van der Waals surface area (Å²) in [5.74, 6) is 0. The summed E-state index contributed by atoms with van der Waals surface area (Å²) in [5, 5.41) is 18.8. The topological polar surface area (TPSA) is 69.3 Å². The van der Waals surface area contributed by atoms with Gasteiger partial charge in [0.05, 0.1) is 34.5 Å². The number of nitriles is 2. The summed E-state index contributed by atoms with van der Waals surface area (Å²) in [6.45, 7) is 8.85. The Hall–Kier alpha value is -1.68. The van der Waals surface area contributed by atoms with Gasteiger partial charge in [0, 0.05) is 16.3 Å². The molecule has 0 N–H and O–H groups in total. The maximum absolute atomic E-state index is 9.35. The van der Waals surface area contributed by atoms with Crippen LogP contribution in [-0.4, -0.2) is 37.3 Å². The Bertz CT molecular complexity index is 1030. The molecule has 0 aliphatic carbocycles. The van der Waals surface area contributed by atoms with Crippen molar-refractivity contribution in [2.75, 3.05) is 14.1 Å². The highest BCUT2D eigenvalue weighted by molar-refractivity contribution is 9.10. The zero-order chi connectivity index (χ0) is 24.1. The first kappa shape index (κ1) is 32.3. The van der Waals surface area contributed by atoms with E-state index in [-0.39, 0.29) is 26.1 Å². The normalized spacial score (nSPS) is 15.2. The molecule has 0 aromatic heterocycles. The predicted molar refractivity (Wildman–Crippen MR) is 149 cm³/mol. The van der Waals surface area contributed by atoms with Gasteiger partial charge in [-0.05, 0) is 76.6 Å². The molecule has 2 aromatic carbocycles. The second-order valence-electron chi connectivity index (χ2n) is 8.90. The van der Waals surface area contributed by atoms with Crippen LogP contribution in [0.1, 0.15) is 64.8 Å². The summed E-state index contributed by atoms with van der Waals surface area (Å²) >= 11 is 6.61. The van der Waals surface area contributed by atoms with Gasteiger partial charge in [0.2, 0.25) is 0 Å². The van der Waals surface area contributed by atoms with Gasteiger partial charge in [0.1, 0.15) is 0 Å². The summed E-state index contributed by atoms with van der Waals surface area (Å²) < 4.78 is 13.0. The van der Waals surface area contributed by atoms with E-state index in [0.29, 0.717) is 5.56 Å². The molecule has 5 nitrogen and oxygen atoms in total. The van der Waals surface area contributed by atoms with Crippen molar-refractivity contribution >= 4 is 44.4 Å². The van der Waals surface area contributed by atoms with E-state index in [1.165, 1.54) is 0 Å². The standard InChI is InChI=1S/C16H23BN2O2.C8H5Br2N.2CH4/c1-15(2)16(3,4)21-17(20-15)14-8-7-12(11-19(5)6)13(9-14)10-18;9-4-6-1-2-8(10)3-7(6)5-11;;/h7-9H,11H2,1-6H3;1-3H,4H2;2*1H4. The van der Waals surface area contributed by atoms with Crippen molar-refractivity contribution in [1.82, 2.24) is 4.90 Å². The number of nitrogens with zero attached hydrogens (tertiary/aromatic N) is 3. The van der Waals surface area contributed by atoms with Crippen LogP contribution in [0.3, 0.4) is 0 Å². The third-order valence-electron chi connectivity index (χ3n) is 5.60. The minimum atomic E-state index is -0.421. The minimum Gasteiger partial charge on any atom is -0.399 e. The quantitative estimate of drug-likeness (QED) is 0.303. The van der Waals surface area contributed by atoms with E-state index in [4.69, 9.17) is 14.6 Å². The highest BCUT2D eigenvalue weighted by atomic mass is 79.9. The van der Waals surface area contributed by atoms with Crippen molar-refractivity contribution in [3.63, 3.8) is 0 Å². The first-order chi connectivity index (χ1) is 14.9. The number of hydrogen-bond acceptors (Lipinski definition) is 5. The Morgan fingerprint density at radius 1 is 0.882 bits per heavy atom. The van der Waals surface area contributed by atoms with Gasteiger partial charge in [0.15, 0.2) is 0 Å². The third kappa shape index (κ3) is 7.94. The lowest BCUT2D eigenvalue weighted by Gasteiger charge is -2.32. The Morgan fingerprint density at radius 2 is 1.38 bits per heavy atom. The average molecular weight is 593 g/mol. The van der Waals surface area contributed by atoms with E-state index in [1.54, 1.807) is 0 Å². The number of alkyl halides is 1. The lowest BCUT2D eigenvalue weighted by Crippen LogP contribution is -2.41. The smallest absolute Gasteiger partial charge is 0.399 e. The maximum Gasteiger partial charge on any atom is 0.494 e. The van der Waals surface area contributed by atoms with E-state index in [2.05, 4.69) is 44.0 Å². The lowest BCUT2D eigenvalue weighted by atomic mass is 9.78. The van der Waals surface area contributed by atoms with Crippen LogP contribution in [0.2, 0.25) is 0 Å². The highest BCUT2D eigenvalue weighted by Crippen LogP contribution is 2.36. The molecule has 0 amide bonds. The minimum absolute atomic E-state index is 0. The van der Waals surface area contributed by atoms with Crippen molar-refractivity contribution in [2.45, 2.75) is 65.6 Å². The first-order valence-electron chi connectivity index (χ1n) is 10.2. The fourth-order valence-electron chi connectivity index (χ4n) is 3.07. The summed E-state index contributed by atoms with van der Waals surface area (Å²) in [5.41, 5.74) is 3.60. The SMILES string of the molecule is C.C.CN(C)Cc1ccc(B2OC(C)(C)C(C)(C)O2)cc1C#N.N#Cc1cc(Br)ccc1CBr. The lowest BCUT2D eigenvalue weighted by molar-refractivity contribution is 0.00578. The Labute approximate surface area is 223 Å². The number of hydrogen-bond donors (Lipinski definition) is 0. The van der Waals surface area contributed by atoms with E-state index in [1.807, 2.05) is 83.1 Å². The first-order valence-corrected chi connectivity index (χ1v) is 12.1. The second-order valence-corrected chi connectivity index (χ2v) is 10.4. The van der Waals surface area contributed by atoms with Crippen LogP contribution >= 0.6 is 31.9 Å². The van der Waals surface area contributed by atoms with E-state index in [0.717, 1.165) is 38.5 Å². The molecule has 0 bridgehead atoms. The molecule has 0 spiro atoms. The Balaban J connectivity index is 0.000000716. The summed E-state index contributed by atoms with van der Waals surface area (Å²) in [6.07, 6.45) is 0. The van der Waals surface area contributed by atoms with Crippen LogP contribution in [0.15, 0.2) is 40.9 Å². The van der Waals surface area contributed by atoms with Crippen molar-refractivity contribution in [3.8, 4) is 12.1 Å². The van der Waals surface area contributed by atoms with Crippen molar-refractivity contribution in [2.24, 2.45) is 0 Å². The van der Waals surface area contributed by atoms with Crippen LogP contribution in [-0.2, 0) is 21.2 Å². The van der Waals surface area contributed by atoms with Crippen LogP contribution < -0.4 is 5.46 Å². The number of rotatable bonds is 4. The van der Waals surface area contributed by atoms with E-state index < -0.39 is 7.12 Å². The van der Waals surface area contributed by atoms with Gasteiger partial charge in [0.25, 0.3) is 0 Å². The van der Waals surface area contributed by atoms with Gasteiger partial charge in [-0.1, -0.05) is 64.9 Å². The Kier molecular flexibility index (Phi) is 12.8. The van der Waals surface area contributed by atoms with Crippen molar-refractivity contribution in [1.29, 1.82) is 10.5 Å². The van der Waals surface area contributed by atoms with Gasteiger partial charge >= 0.3 is 7.12 Å². The molecule has 1 fully saturated rings. The van der Waals surface area contributed by atoms with Gasteiger partial charge in [-0.25, -0.2) is 0 Å². The summed E-state index contributed by atoms with van der Waals surface area (Å²) in [4.78, 5) is 2.05. The van der Waals surface area contributed by atoms with Crippen LogP contribution in [0, 0.1) is 22.7 Å². The third-order valence-corrected chi connectivity index (χ3v) is 6.70. The van der Waals surface area contributed by atoms with Gasteiger partial charge < -0.3 is 14.2 Å². The molecule has 3 rings (SSSR count). The van der Waals surface area contributed by atoms with Gasteiger partial charge in [-0.2, -0.15) is 10.5 Å². The molecular formula is C26H36BBr2N3O2. The molecule has 0 atom stereocenters. The molecule has 2 aromatic rings.